The first-order valence-corrected chi connectivity index (χ1v) is 20.7. The topological polar surface area (TPSA) is 87.0 Å². The summed E-state index contributed by atoms with van der Waals surface area (Å²) in [6.07, 6.45) is 44.4. The number of carboxylic acids is 1. The third-order valence-electron chi connectivity index (χ3n) is 9.16. The van der Waals surface area contributed by atoms with E-state index in [1.165, 1.54) is 193 Å². The van der Waals surface area contributed by atoms with Gasteiger partial charge in [-0.15, -0.1) is 0 Å². The zero-order valence-corrected chi connectivity index (χ0v) is 31.4. The third-order valence-corrected chi connectivity index (χ3v) is 9.16. The van der Waals surface area contributed by atoms with Crippen molar-refractivity contribution in [1.82, 2.24) is 0 Å². The van der Waals surface area contributed by atoms with Crippen LogP contribution in [0, 0.1) is 0 Å². The Kier molecular flexibility index (Phi) is 45.8. The molecule has 0 saturated heterocycles. The predicted octanol–water partition coefficient (Wildman–Crippen LogP) is 12.7. The first-order chi connectivity index (χ1) is 22.6. The summed E-state index contributed by atoms with van der Waals surface area (Å²) >= 11 is 0. The van der Waals surface area contributed by atoms with Gasteiger partial charge in [0.15, 0.2) is 0 Å². The minimum absolute atomic E-state index is 0.209. The van der Waals surface area contributed by atoms with Gasteiger partial charge in [0.2, 0.25) is 0 Å². The number of hydrogen-bond donors (Lipinski definition) is 3. The van der Waals surface area contributed by atoms with Gasteiger partial charge in [-0.3, -0.25) is 4.79 Å². The molecule has 3 N–H and O–H groups in total. The zero-order chi connectivity index (χ0) is 34.0. The Morgan fingerprint density at radius 1 is 0.457 bits per heavy atom. The highest BCUT2D eigenvalue weighted by Gasteiger charge is 2.01. The highest BCUT2D eigenvalue weighted by atomic mass is 16.5. The first kappa shape index (κ1) is 47.5. The molecule has 0 aliphatic heterocycles. The number of rotatable bonds is 38. The smallest absolute Gasteiger partial charge is 0.303 e. The third kappa shape index (κ3) is 47.8. The van der Waals surface area contributed by atoms with Crippen molar-refractivity contribution in [3.8, 4) is 0 Å². The Bertz CT molecular complexity index is 541. The summed E-state index contributed by atoms with van der Waals surface area (Å²) < 4.78 is 5.31. The Morgan fingerprint density at radius 2 is 0.717 bits per heavy atom. The monoisotopic (exact) mass is 657 g/mol. The van der Waals surface area contributed by atoms with Crippen LogP contribution in [0.3, 0.4) is 0 Å². The summed E-state index contributed by atoms with van der Waals surface area (Å²) in [6, 6.07) is 0. The lowest BCUT2D eigenvalue weighted by Gasteiger charge is -2.08. The first-order valence-electron chi connectivity index (χ1n) is 20.7. The molecule has 0 saturated carbocycles. The molecule has 0 aliphatic rings. The molecule has 0 aromatic heterocycles. The second kappa shape index (κ2) is 44.4. The fraction of sp³-hybridized carbons (Fsp3) is 0.976. The second-order valence-corrected chi connectivity index (χ2v) is 14.0. The number of carboxylic acid groups (broad SMARTS) is 1. The molecule has 0 heterocycles. The van der Waals surface area contributed by atoms with Gasteiger partial charge in [0, 0.05) is 13.0 Å². The van der Waals surface area contributed by atoms with Gasteiger partial charge in [-0.05, 0) is 12.8 Å². The molecular weight excluding hydrogens is 572 g/mol. The lowest BCUT2D eigenvalue weighted by Crippen LogP contribution is -2.19. The van der Waals surface area contributed by atoms with Crippen LogP contribution in [-0.2, 0) is 9.53 Å². The summed E-state index contributed by atoms with van der Waals surface area (Å²) in [7, 11) is 0. The maximum Gasteiger partial charge on any atom is 0.303 e. The minimum atomic E-state index is -0.717. The van der Waals surface area contributed by atoms with E-state index in [2.05, 4.69) is 13.8 Å². The highest BCUT2D eigenvalue weighted by molar-refractivity contribution is 5.66. The molecule has 1 atom stereocenters. The van der Waals surface area contributed by atoms with Gasteiger partial charge in [-0.1, -0.05) is 213 Å². The molecule has 0 aliphatic carbocycles. The molecule has 278 valence electrons. The van der Waals surface area contributed by atoms with Crippen LogP contribution in [0.25, 0.3) is 0 Å². The van der Waals surface area contributed by atoms with Gasteiger partial charge in [-0.25, -0.2) is 0 Å². The Morgan fingerprint density at radius 3 is 0.978 bits per heavy atom. The van der Waals surface area contributed by atoms with Crippen LogP contribution in [-0.4, -0.2) is 47.2 Å². The van der Waals surface area contributed by atoms with E-state index in [9.17, 15) is 4.79 Å². The molecular formula is C41H84O5. The number of aliphatic carboxylic acids is 1. The molecule has 1 unspecified atom stereocenters. The van der Waals surface area contributed by atoms with Gasteiger partial charge >= 0.3 is 5.97 Å². The minimum Gasteiger partial charge on any atom is -0.481 e. The van der Waals surface area contributed by atoms with Crippen molar-refractivity contribution in [2.24, 2.45) is 0 Å². The van der Waals surface area contributed by atoms with Gasteiger partial charge in [0.1, 0.15) is 6.10 Å². The maximum absolute atomic E-state index is 10.3. The van der Waals surface area contributed by atoms with E-state index < -0.39 is 12.1 Å². The number of ether oxygens (including phenoxy) is 1. The van der Waals surface area contributed by atoms with Crippen LogP contribution in [0.4, 0.5) is 0 Å². The van der Waals surface area contributed by atoms with Gasteiger partial charge in [0.25, 0.3) is 0 Å². The van der Waals surface area contributed by atoms with E-state index in [0.717, 1.165) is 19.3 Å². The molecule has 0 aromatic carbocycles. The van der Waals surface area contributed by atoms with Crippen LogP contribution in [0.1, 0.15) is 232 Å². The quantitative estimate of drug-likeness (QED) is 0.0576. The van der Waals surface area contributed by atoms with Crippen molar-refractivity contribution in [2.75, 3.05) is 19.8 Å². The van der Waals surface area contributed by atoms with Crippen molar-refractivity contribution < 1.29 is 24.9 Å². The van der Waals surface area contributed by atoms with Crippen molar-refractivity contribution in [1.29, 1.82) is 0 Å². The average molecular weight is 657 g/mol. The average Bonchev–Trinajstić information content (AvgIpc) is 3.05. The van der Waals surface area contributed by atoms with E-state index in [-0.39, 0.29) is 13.2 Å². The van der Waals surface area contributed by atoms with E-state index >= 15 is 0 Å². The molecule has 0 amide bonds. The van der Waals surface area contributed by atoms with Gasteiger partial charge in [0.05, 0.1) is 13.2 Å². The zero-order valence-electron chi connectivity index (χ0n) is 31.4. The normalized spacial score (nSPS) is 11.8. The van der Waals surface area contributed by atoms with E-state index in [0.29, 0.717) is 13.0 Å². The number of aliphatic hydroxyl groups excluding tert-OH is 2. The SMILES string of the molecule is CCCCCCCCCCCCCCCCCC(=O)O.CCCCCCCCCCCCCCCCCCCCOCC(O)CO. The fourth-order valence-electron chi connectivity index (χ4n) is 6.03. The van der Waals surface area contributed by atoms with E-state index in [4.69, 9.17) is 20.1 Å². The van der Waals surface area contributed by atoms with E-state index in [1.54, 1.807) is 0 Å². The molecule has 0 aromatic rings. The standard InChI is InChI=1S/C23H48O3.C18H36O2/c1-2-3-4-5-6-7-8-9-10-11-12-13-14-15-16-17-18-19-20-26-22-23(25)21-24;1-2-3-4-5-6-7-8-9-10-11-12-13-14-15-16-17-18(19)20/h23-25H,2-22H2,1H3;2-17H2,1H3,(H,19,20). The number of aliphatic hydroxyl groups is 2. The molecule has 5 heteroatoms. The largest absolute Gasteiger partial charge is 0.481 e. The lowest BCUT2D eigenvalue weighted by atomic mass is 10.0. The molecule has 0 bridgehead atoms. The Balaban J connectivity index is 0. The summed E-state index contributed by atoms with van der Waals surface area (Å²) in [5.41, 5.74) is 0. The van der Waals surface area contributed by atoms with Gasteiger partial charge in [-0.2, -0.15) is 0 Å². The highest BCUT2D eigenvalue weighted by Crippen LogP contribution is 2.15. The second-order valence-electron chi connectivity index (χ2n) is 14.0. The van der Waals surface area contributed by atoms with Crippen LogP contribution >= 0.6 is 0 Å². The molecule has 0 spiro atoms. The van der Waals surface area contributed by atoms with Crippen LogP contribution in [0.5, 0.6) is 0 Å². The van der Waals surface area contributed by atoms with Gasteiger partial charge < -0.3 is 20.1 Å². The van der Waals surface area contributed by atoms with Crippen LogP contribution < -0.4 is 0 Å². The number of unbranched alkanes of at least 4 members (excludes halogenated alkanes) is 31. The predicted molar refractivity (Wildman–Crippen MR) is 200 cm³/mol. The molecule has 5 nitrogen and oxygen atoms in total. The summed E-state index contributed by atoms with van der Waals surface area (Å²) in [5, 5.41) is 26.3. The Labute approximate surface area is 288 Å². The molecule has 0 fully saturated rings. The lowest BCUT2D eigenvalue weighted by molar-refractivity contribution is -0.137. The fourth-order valence-corrected chi connectivity index (χ4v) is 6.03. The summed E-state index contributed by atoms with van der Waals surface area (Å²) in [6.45, 7) is 5.31. The summed E-state index contributed by atoms with van der Waals surface area (Å²) in [5.74, 6) is -0.653. The molecule has 0 radical (unpaired) electrons. The molecule has 0 rings (SSSR count). The molecule has 46 heavy (non-hydrogen) atoms. The van der Waals surface area contributed by atoms with Crippen molar-refractivity contribution in [3.05, 3.63) is 0 Å². The number of hydrogen-bond acceptors (Lipinski definition) is 4. The Hall–Kier alpha value is -0.650. The van der Waals surface area contributed by atoms with Crippen molar-refractivity contribution >= 4 is 5.97 Å². The summed E-state index contributed by atoms with van der Waals surface area (Å²) in [4.78, 5) is 10.3. The van der Waals surface area contributed by atoms with E-state index in [1.807, 2.05) is 0 Å². The van der Waals surface area contributed by atoms with Crippen molar-refractivity contribution in [3.63, 3.8) is 0 Å². The maximum atomic E-state index is 10.3. The van der Waals surface area contributed by atoms with Crippen LogP contribution in [0.15, 0.2) is 0 Å². The van der Waals surface area contributed by atoms with Crippen molar-refractivity contribution in [2.45, 2.75) is 238 Å². The van der Waals surface area contributed by atoms with Crippen LogP contribution in [0.2, 0.25) is 0 Å². The number of carbonyl (C=O) groups is 1.